The molecule has 0 fully saturated rings. The van der Waals surface area contributed by atoms with Gasteiger partial charge in [0.15, 0.2) is 11.9 Å². The van der Waals surface area contributed by atoms with Gasteiger partial charge in [0.1, 0.15) is 11.5 Å². The lowest BCUT2D eigenvalue weighted by Gasteiger charge is -2.14. The minimum Gasteiger partial charge on any atom is -0.479 e. The molecule has 34 heavy (non-hydrogen) atoms. The number of ether oxygens (including phenoxy) is 2. The predicted molar refractivity (Wildman–Crippen MR) is 133 cm³/mol. The third kappa shape index (κ3) is 6.90. The molecule has 0 radical (unpaired) electrons. The third-order valence-corrected chi connectivity index (χ3v) is 5.49. The lowest BCUT2D eigenvalue weighted by molar-refractivity contribution is -0.149. The number of hydrogen-bond donors (Lipinski definition) is 1. The van der Waals surface area contributed by atoms with E-state index in [1.807, 2.05) is 73.7 Å². The molecule has 0 aliphatic rings. The van der Waals surface area contributed by atoms with E-state index in [1.165, 1.54) is 0 Å². The first-order valence-corrected chi connectivity index (χ1v) is 11.4. The summed E-state index contributed by atoms with van der Waals surface area (Å²) < 4.78 is 11.3. The van der Waals surface area contributed by atoms with Crippen LogP contribution >= 0.6 is 0 Å². The molecule has 0 aliphatic heterocycles. The van der Waals surface area contributed by atoms with Crippen molar-refractivity contribution in [2.45, 2.75) is 39.7 Å². The molecule has 0 aliphatic carbocycles. The largest absolute Gasteiger partial charge is 0.479 e. The van der Waals surface area contributed by atoms with Crippen LogP contribution < -0.4 is 4.74 Å². The zero-order valence-corrected chi connectivity index (χ0v) is 19.8. The molecule has 1 unspecified atom stereocenters. The lowest BCUT2D eigenvalue weighted by atomic mass is 10.00. The van der Waals surface area contributed by atoms with Gasteiger partial charge in [-0.15, -0.1) is 0 Å². The van der Waals surface area contributed by atoms with Crippen LogP contribution in [-0.4, -0.2) is 29.6 Å². The average molecular weight is 459 g/mol. The molecule has 1 N–H and O–H groups in total. The van der Waals surface area contributed by atoms with Gasteiger partial charge in [0.25, 0.3) is 0 Å². The number of aliphatic carboxylic acids is 1. The molecule has 3 rings (SSSR count). The fourth-order valence-electron chi connectivity index (χ4n) is 3.61. The standard InChI is InChI=1S/C29H30O5/c1-4-26(34-27-15-11-22(12-16-27)18-28(29(31)32)33-5-2)17-21-9-13-23(14-10-21)25-8-6-7-24(19-25)20(3)30/h4,6-16,19,28H,5,17-18H2,1-3H3,(H,31,32). The van der Waals surface area contributed by atoms with Crippen LogP contribution in [0.25, 0.3) is 11.1 Å². The van der Waals surface area contributed by atoms with Crippen molar-refractivity contribution in [3.63, 3.8) is 0 Å². The number of benzene rings is 3. The Balaban J connectivity index is 1.63. The summed E-state index contributed by atoms with van der Waals surface area (Å²) >= 11 is 0. The average Bonchev–Trinajstić information content (AvgIpc) is 2.85. The number of carboxylic acid groups (broad SMARTS) is 1. The highest BCUT2D eigenvalue weighted by Crippen LogP contribution is 2.23. The lowest BCUT2D eigenvalue weighted by Crippen LogP contribution is -2.26. The number of allylic oxidation sites excluding steroid dienone is 2. The molecule has 176 valence electrons. The topological polar surface area (TPSA) is 72.8 Å². The smallest absolute Gasteiger partial charge is 0.333 e. The summed E-state index contributed by atoms with van der Waals surface area (Å²) in [5.41, 5.74) is 4.75. The van der Waals surface area contributed by atoms with Crippen LogP contribution in [0.3, 0.4) is 0 Å². The fraction of sp³-hybridized carbons (Fsp3) is 0.241. The molecule has 0 saturated heterocycles. The van der Waals surface area contributed by atoms with Crippen LogP contribution in [0.1, 0.15) is 42.3 Å². The Morgan fingerprint density at radius 3 is 2.21 bits per heavy atom. The van der Waals surface area contributed by atoms with Crippen molar-refractivity contribution in [2.75, 3.05) is 6.61 Å². The summed E-state index contributed by atoms with van der Waals surface area (Å²) in [7, 11) is 0. The van der Waals surface area contributed by atoms with Gasteiger partial charge in [-0.2, -0.15) is 0 Å². The summed E-state index contributed by atoms with van der Waals surface area (Å²) in [4.78, 5) is 22.9. The molecule has 0 saturated carbocycles. The monoisotopic (exact) mass is 458 g/mol. The number of carbonyl (C=O) groups excluding carboxylic acids is 1. The molecule has 3 aromatic rings. The van der Waals surface area contributed by atoms with Gasteiger partial charge in [-0.25, -0.2) is 4.79 Å². The van der Waals surface area contributed by atoms with Crippen molar-refractivity contribution >= 4 is 11.8 Å². The highest BCUT2D eigenvalue weighted by Gasteiger charge is 2.18. The molecule has 0 bridgehead atoms. The van der Waals surface area contributed by atoms with E-state index in [4.69, 9.17) is 9.47 Å². The summed E-state index contributed by atoms with van der Waals surface area (Å²) in [6, 6.07) is 23.3. The highest BCUT2D eigenvalue weighted by molar-refractivity contribution is 5.95. The van der Waals surface area contributed by atoms with Crippen LogP contribution in [0.2, 0.25) is 0 Å². The van der Waals surface area contributed by atoms with Crippen molar-refractivity contribution in [1.82, 2.24) is 0 Å². The molecule has 0 heterocycles. The molecular weight excluding hydrogens is 428 g/mol. The highest BCUT2D eigenvalue weighted by atomic mass is 16.5. The molecule has 5 heteroatoms. The zero-order chi connectivity index (χ0) is 24.5. The van der Waals surface area contributed by atoms with E-state index in [-0.39, 0.29) is 5.78 Å². The molecule has 0 amide bonds. The second-order valence-electron chi connectivity index (χ2n) is 8.00. The summed E-state index contributed by atoms with van der Waals surface area (Å²) in [5, 5.41) is 9.26. The fourth-order valence-corrected chi connectivity index (χ4v) is 3.61. The minimum absolute atomic E-state index is 0.0531. The molecule has 0 aromatic heterocycles. The normalized spacial score (nSPS) is 12.3. The Bertz CT molecular complexity index is 1140. The van der Waals surface area contributed by atoms with Gasteiger partial charge in [0, 0.05) is 25.0 Å². The van der Waals surface area contributed by atoms with Crippen molar-refractivity contribution in [3.8, 4) is 16.9 Å². The number of ketones is 1. The maximum atomic E-state index is 11.7. The van der Waals surface area contributed by atoms with Crippen molar-refractivity contribution in [1.29, 1.82) is 0 Å². The second kappa shape index (κ2) is 12.0. The number of hydrogen-bond acceptors (Lipinski definition) is 4. The second-order valence-corrected chi connectivity index (χ2v) is 8.00. The maximum Gasteiger partial charge on any atom is 0.333 e. The first kappa shape index (κ1) is 24.9. The first-order valence-electron chi connectivity index (χ1n) is 11.4. The van der Waals surface area contributed by atoms with Crippen molar-refractivity contribution in [3.05, 3.63) is 101 Å². The van der Waals surface area contributed by atoms with Crippen molar-refractivity contribution in [2.24, 2.45) is 0 Å². The summed E-state index contributed by atoms with van der Waals surface area (Å²) in [5.74, 6) is 0.600. The van der Waals surface area contributed by atoms with E-state index < -0.39 is 12.1 Å². The summed E-state index contributed by atoms with van der Waals surface area (Å²) in [6.07, 6.45) is 2.03. The van der Waals surface area contributed by atoms with Crippen LogP contribution in [0, 0.1) is 0 Å². The Morgan fingerprint density at radius 1 is 0.941 bits per heavy atom. The van der Waals surface area contributed by atoms with Gasteiger partial charge < -0.3 is 14.6 Å². The molecule has 1 atom stereocenters. The number of carbonyl (C=O) groups is 2. The number of rotatable bonds is 11. The first-order chi connectivity index (χ1) is 16.4. The SMILES string of the molecule is CC=C(Cc1ccc(-c2cccc(C(C)=O)c2)cc1)Oc1ccc(CC(OCC)C(=O)O)cc1. The van der Waals surface area contributed by atoms with E-state index in [0.717, 1.165) is 28.0 Å². The zero-order valence-electron chi connectivity index (χ0n) is 19.8. The number of carboxylic acids is 1. The Hall–Kier alpha value is -3.70. The van der Waals surface area contributed by atoms with E-state index in [9.17, 15) is 14.7 Å². The van der Waals surface area contributed by atoms with Crippen LogP contribution in [0.5, 0.6) is 5.75 Å². The third-order valence-electron chi connectivity index (χ3n) is 5.49. The van der Waals surface area contributed by atoms with E-state index >= 15 is 0 Å². The molecular formula is C29H30O5. The molecule has 3 aromatic carbocycles. The van der Waals surface area contributed by atoms with Gasteiger partial charge in [0.05, 0.1) is 0 Å². The molecule has 0 spiro atoms. The maximum absolute atomic E-state index is 11.7. The Morgan fingerprint density at radius 2 is 1.62 bits per heavy atom. The van der Waals surface area contributed by atoms with Gasteiger partial charge in [0.2, 0.25) is 0 Å². The van der Waals surface area contributed by atoms with E-state index in [1.54, 1.807) is 13.8 Å². The quantitative estimate of drug-likeness (QED) is 0.277. The van der Waals surface area contributed by atoms with Crippen LogP contribution in [0.4, 0.5) is 0 Å². The van der Waals surface area contributed by atoms with Crippen LogP contribution in [0.15, 0.2) is 84.6 Å². The minimum atomic E-state index is -0.962. The Labute approximate surface area is 200 Å². The van der Waals surface area contributed by atoms with Gasteiger partial charge in [-0.1, -0.05) is 54.6 Å². The van der Waals surface area contributed by atoms with Gasteiger partial charge >= 0.3 is 5.97 Å². The Kier molecular flexibility index (Phi) is 8.77. The van der Waals surface area contributed by atoms with E-state index in [2.05, 4.69) is 12.1 Å². The van der Waals surface area contributed by atoms with Gasteiger partial charge in [-0.3, -0.25) is 4.79 Å². The van der Waals surface area contributed by atoms with Crippen molar-refractivity contribution < 1.29 is 24.2 Å². The van der Waals surface area contributed by atoms with Gasteiger partial charge in [-0.05, 0) is 67.3 Å². The van der Waals surface area contributed by atoms with E-state index in [0.29, 0.717) is 30.8 Å². The number of Topliss-reactive ketones (excluding diaryl/α,β-unsaturated/α-hetero) is 1. The molecule has 5 nitrogen and oxygen atoms in total. The van der Waals surface area contributed by atoms with Crippen LogP contribution in [-0.2, 0) is 22.4 Å². The summed E-state index contributed by atoms with van der Waals surface area (Å²) in [6.45, 7) is 5.65. The predicted octanol–water partition coefficient (Wildman–Crippen LogP) is 6.11.